The van der Waals surface area contributed by atoms with Gasteiger partial charge in [-0.15, -0.1) is 0 Å². The Bertz CT molecular complexity index is 1170. The van der Waals surface area contributed by atoms with Gasteiger partial charge in [-0.3, -0.25) is 9.59 Å². The van der Waals surface area contributed by atoms with Gasteiger partial charge in [0.1, 0.15) is 0 Å². The smallest absolute Gasteiger partial charge is 0.303 e. The summed E-state index contributed by atoms with van der Waals surface area (Å²) in [7, 11) is 0. The van der Waals surface area contributed by atoms with Crippen LogP contribution in [0, 0.1) is 0 Å². The topological polar surface area (TPSA) is 93.6 Å². The minimum Gasteiger partial charge on any atom is -0.481 e. The van der Waals surface area contributed by atoms with Gasteiger partial charge in [-0.05, 0) is 42.5 Å². The molecular weight excluding hydrogens is 428 g/mol. The van der Waals surface area contributed by atoms with Crippen LogP contribution in [0.15, 0.2) is 66.9 Å². The fourth-order valence-electron chi connectivity index (χ4n) is 4.70. The number of aliphatic hydroxyl groups excluding tert-OH is 1. The minimum absolute atomic E-state index is 0.00188. The second-order valence-electron chi connectivity index (χ2n) is 8.95. The molecule has 3 N–H and O–H groups in total. The third-order valence-corrected chi connectivity index (χ3v) is 6.56. The molecule has 1 amide bonds. The number of carbonyl (C=O) groups excluding carboxylic acids is 1. The number of hydrogen-bond acceptors (Lipinski definition) is 3. The van der Waals surface area contributed by atoms with E-state index >= 15 is 0 Å². The molecule has 1 fully saturated rings. The number of aromatic amines is 1. The Kier molecular flexibility index (Phi) is 7.80. The Morgan fingerprint density at radius 3 is 2.79 bits per heavy atom. The summed E-state index contributed by atoms with van der Waals surface area (Å²) in [6, 6.07) is 16.1. The summed E-state index contributed by atoms with van der Waals surface area (Å²) in [4.78, 5) is 28.1. The van der Waals surface area contributed by atoms with E-state index in [1.165, 1.54) is 0 Å². The number of nitrogens with one attached hydrogen (secondary N) is 1. The lowest BCUT2D eigenvalue weighted by molar-refractivity contribution is -0.137. The summed E-state index contributed by atoms with van der Waals surface area (Å²) in [5, 5.41) is 20.7. The van der Waals surface area contributed by atoms with Gasteiger partial charge >= 0.3 is 5.97 Å². The molecule has 1 saturated heterocycles. The largest absolute Gasteiger partial charge is 0.481 e. The zero-order valence-electron chi connectivity index (χ0n) is 19.3. The number of benzene rings is 2. The maximum absolute atomic E-state index is 12.3. The number of carboxylic acid groups (broad SMARTS) is 1. The molecule has 178 valence electrons. The predicted molar refractivity (Wildman–Crippen MR) is 133 cm³/mol. The van der Waals surface area contributed by atoms with Crippen LogP contribution in [0.3, 0.4) is 0 Å². The number of aliphatic hydroxyl groups is 1. The maximum atomic E-state index is 12.3. The van der Waals surface area contributed by atoms with E-state index in [9.17, 15) is 14.7 Å². The van der Waals surface area contributed by atoms with Crippen molar-refractivity contribution in [3.63, 3.8) is 0 Å². The molecule has 0 spiro atoms. The summed E-state index contributed by atoms with van der Waals surface area (Å²) in [6.07, 6.45) is 9.80. The number of carboxylic acids is 1. The van der Waals surface area contributed by atoms with Crippen molar-refractivity contribution in [1.29, 1.82) is 0 Å². The molecule has 0 aliphatic carbocycles. The minimum atomic E-state index is -0.759. The molecule has 1 aliphatic heterocycles. The summed E-state index contributed by atoms with van der Waals surface area (Å²) < 4.78 is 0. The van der Waals surface area contributed by atoms with E-state index in [1.807, 2.05) is 59.6 Å². The molecule has 3 aromatic rings. The van der Waals surface area contributed by atoms with Crippen LogP contribution in [0.5, 0.6) is 0 Å². The van der Waals surface area contributed by atoms with Crippen LogP contribution < -0.4 is 0 Å². The lowest BCUT2D eigenvalue weighted by atomic mass is 9.99. The molecule has 1 unspecified atom stereocenters. The Balaban J connectivity index is 1.37. The lowest BCUT2D eigenvalue weighted by Gasteiger charge is -2.22. The fraction of sp³-hybridized carbons (Fsp3) is 0.357. The van der Waals surface area contributed by atoms with Gasteiger partial charge in [-0.25, -0.2) is 0 Å². The van der Waals surface area contributed by atoms with E-state index in [2.05, 4.69) is 11.1 Å². The van der Waals surface area contributed by atoms with Gasteiger partial charge in [-0.2, -0.15) is 0 Å². The Morgan fingerprint density at radius 1 is 1.12 bits per heavy atom. The highest BCUT2D eigenvalue weighted by atomic mass is 16.4. The average molecular weight is 461 g/mol. The van der Waals surface area contributed by atoms with Gasteiger partial charge in [0.05, 0.1) is 12.1 Å². The van der Waals surface area contributed by atoms with Crippen LogP contribution in [0.4, 0.5) is 0 Å². The van der Waals surface area contributed by atoms with Gasteiger partial charge < -0.3 is 20.1 Å². The third kappa shape index (κ3) is 5.75. The second-order valence-corrected chi connectivity index (χ2v) is 8.95. The first-order valence-corrected chi connectivity index (χ1v) is 12.1. The number of aromatic nitrogens is 1. The molecule has 1 aliphatic rings. The van der Waals surface area contributed by atoms with E-state index < -0.39 is 12.1 Å². The van der Waals surface area contributed by atoms with Gasteiger partial charge in [0.15, 0.2) is 0 Å². The molecule has 6 heteroatoms. The van der Waals surface area contributed by atoms with Crippen molar-refractivity contribution in [3.05, 3.63) is 72.4 Å². The van der Waals surface area contributed by atoms with Crippen molar-refractivity contribution >= 4 is 22.8 Å². The molecule has 0 bridgehead atoms. The predicted octanol–water partition coefficient (Wildman–Crippen LogP) is 5.45. The normalized spacial score (nSPS) is 17.1. The molecule has 34 heavy (non-hydrogen) atoms. The van der Waals surface area contributed by atoms with E-state index in [0.717, 1.165) is 53.3 Å². The van der Waals surface area contributed by atoms with Crippen LogP contribution in [0.1, 0.15) is 56.6 Å². The SMILES string of the molecule is O=C(O)CCCCCCN1C(=O)CC[C@@H]1C=CC(O)c1cccc(-c2c[nH]c3ccccc23)c1. The molecule has 6 nitrogen and oxygen atoms in total. The molecule has 4 rings (SSSR count). The van der Waals surface area contributed by atoms with Crippen molar-refractivity contribution < 1.29 is 19.8 Å². The van der Waals surface area contributed by atoms with Crippen LogP contribution in [-0.4, -0.2) is 44.6 Å². The van der Waals surface area contributed by atoms with Gasteiger partial charge in [0, 0.05) is 42.0 Å². The number of aliphatic carboxylic acids is 1. The third-order valence-electron chi connectivity index (χ3n) is 6.56. The zero-order valence-corrected chi connectivity index (χ0v) is 19.3. The van der Waals surface area contributed by atoms with Crippen LogP contribution in [0.2, 0.25) is 0 Å². The van der Waals surface area contributed by atoms with Crippen LogP contribution >= 0.6 is 0 Å². The number of rotatable bonds is 11. The van der Waals surface area contributed by atoms with Crippen molar-refractivity contribution in [2.24, 2.45) is 0 Å². The number of amides is 1. The fourth-order valence-corrected chi connectivity index (χ4v) is 4.70. The van der Waals surface area contributed by atoms with E-state index in [4.69, 9.17) is 5.11 Å². The van der Waals surface area contributed by atoms with Gasteiger partial charge in [0.2, 0.25) is 5.91 Å². The van der Waals surface area contributed by atoms with E-state index in [1.54, 1.807) is 6.08 Å². The van der Waals surface area contributed by atoms with Crippen molar-refractivity contribution in [3.8, 4) is 11.1 Å². The standard InChI is InChI=1S/C28H32N2O4/c31-26(15-13-22-14-16-27(32)30(22)17-6-2-1-3-12-28(33)34)21-9-7-8-20(18-21)24-19-29-25-11-5-4-10-23(24)25/h4-5,7-11,13,15,18-19,22,26,29,31H,1-3,6,12,14,16-17H2,(H,33,34)/t22-,26?/m0/s1. The second kappa shape index (κ2) is 11.2. The Hall–Kier alpha value is -3.38. The van der Waals surface area contributed by atoms with Crippen molar-refractivity contribution in [2.45, 2.75) is 57.1 Å². The van der Waals surface area contributed by atoms with E-state index in [-0.39, 0.29) is 18.4 Å². The quantitative estimate of drug-likeness (QED) is 0.262. The molecule has 2 heterocycles. The highest BCUT2D eigenvalue weighted by molar-refractivity contribution is 5.95. The Morgan fingerprint density at radius 2 is 1.94 bits per heavy atom. The first-order valence-electron chi connectivity index (χ1n) is 12.1. The van der Waals surface area contributed by atoms with Crippen molar-refractivity contribution in [1.82, 2.24) is 9.88 Å². The average Bonchev–Trinajstić information content (AvgIpc) is 3.43. The Labute approximate surface area is 199 Å². The summed E-state index contributed by atoms with van der Waals surface area (Å²) in [5.41, 5.74) is 4.04. The van der Waals surface area contributed by atoms with Crippen LogP contribution in [-0.2, 0) is 9.59 Å². The zero-order chi connectivity index (χ0) is 23.9. The number of nitrogens with zero attached hydrogens (tertiary/aromatic N) is 1. The van der Waals surface area contributed by atoms with Crippen molar-refractivity contribution in [2.75, 3.05) is 6.54 Å². The molecule has 1 aromatic heterocycles. The molecular formula is C28H32N2O4. The number of unbranched alkanes of at least 4 members (excludes halogenated alkanes) is 3. The molecule has 0 radical (unpaired) electrons. The number of carbonyl (C=O) groups is 2. The maximum Gasteiger partial charge on any atom is 0.303 e. The van der Waals surface area contributed by atoms with Crippen LogP contribution in [0.25, 0.3) is 22.0 Å². The van der Waals surface area contributed by atoms with E-state index in [0.29, 0.717) is 19.4 Å². The molecule has 2 aromatic carbocycles. The highest BCUT2D eigenvalue weighted by Crippen LogP contribution is 2.30. The van der Waals surface area contributed by atoms with Gasteiger partial charge in [-0.1, -0.05) is 61.4 Å². The highest BCUT2D eigenvalue weighted by Gasteiger charge is 2.28. The summed E-state index contributed by atoms with van der Waals surface area (Å²) in [6.45, 7) is 0.674. The monoisotopic (exact) mass is 460 g/mol. The summed E-state index contributed by atoms with van der Waals surface area (Å²) in [5.74, 6) is -0.610. The number of fused-ring (bicyclic) bond motifs is 1. The molecule has 2 atom stereocenters. The number of para-hydroxylation sites is 1. The number of H-pyrrole nitrogens is 1. The number of hydrogen-bond donors (Lipinski definition) is 3. The molecule has 0 saturated carbocycles. The summed E-state index contributed by atoms with van der Waals surface area (Å²) >= 11 is 0. The lowest BCUT2D eigenvalue weighted by Crippen LogP contribution is -2.32. The number of likely N-dealkylation sites (tertiary alicyclic amines) is 1. The first-order chi connectivity index (χ1) is 16.5. The van der Waals surface area contributed by atoms with Gasteiger partial charge in [0.25, 0.3) is 0 Å². The first kappa shape index (κ1) is 23.8.